The fourth-order valence-electron chi connectivity index (χ4n) is 3.63. The van der Waals surface area contributed by atoms with E-state index in [0.717, 1.165) is 18.2 Å². The summed E-state index contributed by atoms with van der Waals surface area (Å²) in [5.41, 5.74) is 0.454. The van der Waals surface area contributed by atoms with Crippen molar-refractivity contribution in [1.82, 2.24) is 0 Å². The molecule has 1 atom stereocenters. The molecule has 1 saturated heterocycles. The van der Waals surface area contributed by atoms with Gasteiger partial charge in [0.2, 0.25) is 5.91 Å². The van der Waals surface area contributed by atoms with Gasteiger partial charge in [0.05, 0.1) is 22.8 Å². The fraction of sp³-hybridized carbons (Fsp3) is 0.208. The third-order valence-corrected chi connectivity index (χ3v) is 7.78. The monoisotopic (exact) mass is 522 g/mol. The number of carbonyl (C=O) groups excluding carboxylic acids is 1. The molecule has 35 heavy (non-hydrogen) atoms. The van der Waals surface area contributed by atoms with Crippen LogP contribution in [0.3, 0.4) is 0 Å². The van der Waals surface area contributed by atoms with E-state index in [1.807, 2.05) is 6.92 Å². The molecule has 0 aromatic heterocycles. The predicted molar refractivity (Wildman–Crippen MR) is 129 cm³/mol. The van der Waals surface area contributed by atoms with Crippen LogP contribution in [0, 0.1) is 0 Å². The molecule has 0 spiro atoms. The number of nitrogens with one attached hydrogen (secondary N) is 1. The minimum atomic E-state index is -4.66. The number of benzene rings is 3. The summed E-state index contributed by atoms with van der Waals surface area (Å²) in [5, 5.41) is -0.404. The van der Waals surface area contributed by atoms with E-state index in [9.17, 15) is 26.4 Å². The summed E-state index contributed by atoms with van der Waals surface area (Å²) >= 11 is 1.39. The summed E-state index contributed by atoms with van der Waals surface area (Å²) in [6, 6.07) is 17.1. The molecule has 0 aliphatic carbocycles. The molecule has 1 fully saturated rings. The average molecular weight is 523 g/mol. The van der Waals surface area contributed by atoms with Crippen LogP contribution in [-0.2, 0) is 21.0 Å². The number of thioether (sulfide) groups is 1. The van der Waals surface area contributed by atoms with Gasteiger partial charge < -0.3 is 4.74 Å². The smallest absolute Gasteiger partial charge is 0.416 e. The van der Waals surface area contributed by atoms with Crippen LogP contribution in [-0.4, -0.2) is 26.7 Å². The standard InChI is InChI=1S/C24H21F3N2O4S2/c1-2-33-20-11-9-19(10-12-20)29-22(30)15-34-23(29)16-5-3-7-18(13-16)28-35(31,32)21-8-4-6-17(14-21)24(25,26)27/h3-14,23,28H,2,15H2,1H3. The maximum absolute atomic E-state index is 13.0. The van der Waals surface area contributed by atoms with Crippen LogP contribution in [0.25, 0.3) is 0 Å². The number of hydrogen-bond acceptors (Lipinski definition) is 5. The highest BCUT2D eigenvalue weighted by Crippen LogP contribution is 2.42. The highest BCUT2D eigenvalue weighted by atomic mass is 32.2. The van der Waals surface area contributed by atoms with Gasteiger partial charge in [0.1, 0.15) is 11.1 Å². The van der Waals surface area contributed by atoms with Gasteiger partial charge in [-0.2, -0.15) is 13.2 Å². The van der Waals surface area contributed by atoms with Crippen molar-refractivity contribution >= 4 is 39.1 Å². The number of alkyl halides is 3. The molecule has 11 heteroatoms. The van der Waals surface area contributed by atoms with Gasteiger partial charge in [-0.15, -0.1) is 11.8 Å². The highest BCUT2D eigenvalue weighted by Gasteiger charge is 2.35. The van der Waals surface area contributed by atoms with Gasteiger partial charge in [0, 0.05) is 11.4 Å². The van der Waals surface area contributed by atoms with Crippen LogP contribution < -0.4 is 14.4 Å². The van der Waals surface area contributed by atoms with Crippen molar-refractivity contribution in [3.8, 4) is 5.75 Å². The molecule has 4 rings (SSSR count). The third kappa shape index (κ3) is 5.57. The molecule has 1 unspecified atom stereocenters. The van der Waals surface area contributed by atoms with Crippen LogP contribution in [0.15, 0.2) is 77.7 Å². The summed E-state index contributed by atoms with van der Waals surface area (Å²) in [5.74, 6) is 0.829. The van der Waals surface area contributed by atoms with Gasteiger partial charge >= 0.3 is 6.18 Å². The molecule has 0 bridgehead atoms. The van der Waals surface area contributed by atoms with Crippen LogP contribution in [0.5, 0.6) is 5.75 Å². The third-order valence-electron chi connectivity index (χ3n) is 5.19. The molecule has 3 aromatic carbocycles. The van der Waals surface area contributed by atoms with E-state index in [2.05, 4.69) is 4.72 Å². The first-order valence-electron chi connectivity index (χ1n) is 10.5. The van der Waals surface area contributed by atoms with Crippen LogP contribution in [0.2, 0.25) is 0 Å². The van der Waals surface area contributed by atoms with Gasteiger partial charge in [-0.1, -0.05) is 18.2 Å². The molecule has 1 heterocycles. The number of nitrogens with zero attached hydrogens (tertiary/aromatic N) is 1. The summed E-state index contributed by atoms with van der Waals surface area (Å²) in [6.07, 6.45) is -4.66. The minimum Gasteiger partial charge on any atom is -0.494 e. The lowest BCUT2D eigenvalue weighted by atomic mass is 10.1. The van der Waals surface area contributed by atoms with E-state index in [0.29, 0.717) is 29.7 Å². The second-order valence-electron chi connectivity index (χ2n) is 7.61. The predicted octanol–water partition coefficient (Wildman–Crippen LogP) is 5.68. The van der Waals surface area contributed by atoms with Crippen LogP contribution in [0.4, 0.5) is 24.5 Å². The van der Waals surface area contributed by atoms with E-state index >= 15 is 0 Å². The molecular formula is C24H21F3N2O4S2. The van der Waals surface area contributed by atoms with E-state index in [4.69, 9.17) is 4.74 Å². The van der Waals surface area contributed by atoms with Gasteiger partial charge in [-0.05, 0) is 67.1 Å². The molecule has 1 amide bonds. The van der Waals surface area contributed by atoms with Gasteiger partial charge in [0.25, 0.3) is 10.0 Å². The number of ether oxygens (including phenoxy) is 1. The van der Waals surface area contributed by atoms with Crippen molar-refractivity contribution in [2.24, 2.45) is 0 Å². The molecule has 0 saturated carbocycles. The van der Waals surface area contributed by atoms with Gasteiger partial charge in [-0.25, -0.2) is 8.42 Å². The Bertz CT molecular complexity index is 1330. The molecule has 0 radical (unpaired) electrons. The largest absolute Gasteiger partial charge is 0.494 e. The Morgan fingerprint density at radius 1 is 1.06 bits per heavy atom. The quantitative estimate of drug-likeness (QED) is 0.432. The minimum absolute atomic E-state index is 0.0980. The zero-order valence-corrected chi connectivity index (χ0v) is 20.1. The topological polar surface area (TPSA) is 75.7 Å². The van der Waals surface area contributed by atoms with E-state index in [1.54, 1.807) is 47.4 Å². The van der Waals surface area contributed by atoms with Crippen molar-refractivity contribution in [2.75, 3.05) is 22.0 Å². The normalized spacial score (nSPS) is 16.4. The number of amides is 1. The molecule has 1 N–H and O–H groups in total. The Morgan fingerprint density at radius 2 is 1.77 bits per heavy atom. The number of carbonyl (C=O) groups is 1. The summed E-state index contributed by atoms with van der Waals surface area (Å²) in [7, 11) is -4.27. The number of anilines is 2. The molecular weight excluding hydrogens is 501 g/mol. The van der Waals surface area contributed by atoms with E-state index < -0.39 is 32.0 Å². The molecule has 1 aliphatic rings. The lowest BCUT2D eigenvalue weighted by Crippen LogP contribution is -2.27. The number of sulfonamides is 1. The van der Waals surface area contributed by atoms with Gasteiger partial charge in [-0.3, -0.25) is 14.4 Å². The maximum Gasteiger partial charge on any atom is 0.416 e. The van der Waals surface area contributed by atoms with Crippen molar-refractivity contribution in [3.05, 3.63) is 83.9 Å². The second kappa shape index (κ2) is 9.82. The fourth-order valence-corrected chi connectivity index (χ4v) is 5.89. The number of halogens is 3. The van der Waals surface area contributed by atoms with Crippen molar-refractivity contribution in [3.63, 3.8) is 0 Å². The maximum atomic E-state index is 13.0. The van der Waals surface area contributed by atoms with Crippen molar-refractivity contribution in [1.29, 1.82) is 0 Å². The lowest BCUT2D eigenvalue weighted by molar-refractivity contribution is -0.137. The zero-order valence-electron chi connectivity index (χ0n) is 18.5. The molecule has 184 valence electrons. The first-order chi connectivity index (χ1) is 16.6. The Hall–Kier alpha value is -3.18. The van der Waals surface area contributed by atoms with Crippen molar-refractivity contribution < 1.29 is 31.1 Å². The second-order valence-corrected chi connectivity index (χ2v) is 10.4. The Kier molecular flexibility index (Phi) is 7.00. The van der Waals surface area contributed by atoms with Gasteiger partial charge in [0.15, 0.2) is 0 Å². The highest BCUT2D eigenvalue weighted by molar-refractivity contribution is 8.00. The Balaban J connectivity index is 1.59. The first kappa shape index (κ1) is 24.9. The lowest BCUT2D eigenvalue weighted by Gasteiger charge is -2.25. The van der Waals surface area contributed by atoms with Crippen LogP contribution >= 0.6 is 11.8 Å². The number of hydrogen-bond donors (Lipinski definition) is 1. The summed E-state index contributed by atoms with van der Waals surface area (Å²) in [4.78, 5) is 13.8. The molecule has 3 aromatic rings. The number of rotatable bonds is 7. The average Bonchev–Trinajstić information content (AvgIpc) is 3.21. The zero-order chi connectivity index (χ0) is 25.2. The first-order valence-corrected chi connectivity index (χ1v) is 13.1. The summed E-state index contributed by atoms with van der Waals surface area (Å²) in [6.45, 7) is 2.39. The molecule has 6 nitrogen and oxygen atoms in total. The Morgan fingerprint density at radius 3 is 2.46 bits per heavy atom. The van der Waals surface area contributed by atoms with E-state index in [-0.39, 0.29) is 17.3 Å². The molecule has 1 aliphatic heterocycles. The summed E-state index contributed by atoms with van der Waals surface area (Å²) < 4.78 is 72.4. The Labute approximate surface area is 205 Å². The van der Waals surface area contributed by atoms with Crippen LogP contribution in [0.1, 0.15) is 23.4 Å². The SMILES string of the molecule is CCOc1ccc(N2C(=O)CSC2c2cccc(NS(=O)(=O)c3cccc(C(F)(F)F)c3)c2)cc1. The van der Waals surface area contributed by atoms with E-state index in [1.165, 1.54) is 17.8 Å². The van der Waals surface area contributed by atoms with Crippen molar-refractivity contribution in [2.45, 2.75) is 23.4 Å².